The topological polar surface area (TPSA) is 76.0 Å². The van der Waals surface area contributed by atoms with E-state index in [1.54, 1.807) is 0 Å². The van der Waals surface area contributed by atoms with E-state index in [4.69, 9.17) is 0 Å². The number of aryl methyl sites for hydroxylation is 2. The minimum atomic E-state index is -0.124. The summed E-state index contributed by atoms with van der Waals surface area (Å²) in [6.07, 6.45) is 0.406. The van der Waals surface area contributed by atoms with E-state index in [0.29, 0.717) is 6.54 Å². The number of carbonyl (C=O) groups is 2. The zero-order valence-electron chi connectivity index (χ0n) is 15.3. The lowest BCUT2D eigenvalue weighted by Crippen LogP contribution is -2.29. The second-order valence-corrected chi connectivity index (χ2v) is 6.17. The van der Waals surface area contributed by atoms with Crippen molar-refractivity contribution in [1.29, 1.82) is 0 Å². The molecule has 6 nitrogen and oxygen atoms in total. The largest absolute Gasteiger partial charge is 0.356 e. The Kier molecular flexibility index (Phi) is 6.33. The average molecular weight is 342 g/mol. The molecule has 0 bridgehead atoms. The fraction of sp³-hybridized carbons (Fsp3) is 0.421. The Morgan fingerprint density at radius 3 is 2.32 bits per heavy atom. The van der Waals surface area contributed by atoms with Gasteiger partial charge in [-0.25, -0.2) is 4.68 Å². The number of benzene rings is 1. The van der Waals surface area contributed by atoms with Crippen molar-refractivity contribution in [2.24, 2.45) is 0 Å². The van der Waals surface area contributed by atoms with E-state index in [1.165, 1.54) is 0 Å². The summed E-state index contributed by atoms with van der Waals surface area (Å²) < 4.78 is 1.90. The van der Waals surface area contributed by atoms with Crippen molar-refractivity contribution in [3.63, 3.8) is 0 Å². The van der Waals surface area contributed by atoms with Gasteiger partial charge in [0.1, 0.15) is 0 Å². The number of nitrogens with zero attached hydrogens (tertiary/aromatic N) is 2. The lowest BCUT2D eigenvalue weighted by atomic mass is 10.1. The predicted molar refractivity (Wildman–Crippen MR) is 97.5 cm³/mol. The second kappa shape index (κ2) is 8.46. The van der Waals surface area contributed by atoms with Gasteiger partial charge >= 0.3 is 0 Å². The fourth-order valence-electron chi connectivity index (χ4n) is 2.70. The van der Waals surface area contributed by atoms with Gasteiger partial charge in [-0.1, -0.05) is 12.1 Å². The van der Waals surface area contributed by atoms with Crippen molar-refractivity contribution in [2.75, 3.05) is 6.54 Å². The van der Waals surface area contributed by atoms with Gasteiger partial charge < -0.3 is 10.6 Å². The highest BCUT2D eigenvalue weighted by Gasteiger charge is 2.12. The maximum Gasteiger partial charge on any atom is 0.220 e. The van der Waals surface area contributed by atoms with E-state index in [1.807, 2.05) is 62.7 Å². The minimum absolute atomic E-state index is 0.0976. The Hall–Kier alpha value is -2.63. The maximum absolute atomic E-state index is 12.0. The van der Waals surface area contributed by atoms with E-state index in [9.17, 15) is 9.59 Å². The highest BCUT2D eigenvalue weighted by molar-refractivity contribution is 5.83. The van der Waals surface area contributed by atoms with E-state index < -0.39 is 0 Å². The molecule has 0 aliphatic heterocycles. The van der Waals surface area contributed by atoms with Crippen LogP contribution < -0.4 is 10.6 Å². The monoisotopic (exact) mass is 342 g/mol. The number of nitrogens with one attached hydrogen (secondary N) is 2. The first-order chi connectivity index (χ1) is 11.9. The zero-order chi connectivity index (χ0) is 18.4. The first-order valence-corrected chi connectivity index (χ1v) is 8.60. The van der Waals surface area contributed by atoms with Gasteiger partial charge in [-0.15, -0.1) is 0 Å². The molecular formula is C19H26N4O2. The molecule has 25 heavy (non-hydrogen) atoms. The molecule has 0 radical (unpaired) electrons. The fourth-order valence-corrected chi connectivity index (χ4v) is 2.70. The van der Waals surface area contributed by atoms with Crippen LogP contribution in [0.15, 0.2) is 30.3 Å². The maximum atomic E-state index is 12.0. The standard InChI is InChI=1S/C19H26N4O2/c1-5-20-18(24)10-11-19(25)21-15(4)16-6-8-17(9-7-16)23-14(3)12-13(2)22-23/h6-9,12,15H,5,10-11H2,1-4H3,(H,20,24)(H,21,25)/t15-/m1/s1. The minimum Gasteiger partial charge on any atom is -0.356 e. The van der Waals surface area contributed by atoms with Crippen LogP contribution >= 0.6 is 0 Å². The SMILES string of the molecule is CCNC(=O)CCC(=O)N[C@H](C)c1ccc(-n2nc(C)cc2C)cc1. The first-order valence-electron chi connectivity index (χ1n) is 8.60. The van der Waals surface area contributed by atoms with Crippen LogP contribution in [-0.4, -0.2) is 28.1 Å². The van der Waals surface area contributed by atoms with Crippen LogP contribution in [0.4, 0.5) is 0 Å². The third kappa shape index (κ3) is 5.17. The number of rotatable bonds is 7. The molecule has 0 aliphatic rings. The second-order valence-electron chi connectivity index (χ2n) is 6.17. The third-order valence-electron chi connectivity index (χ3n) is 3.98. The van der Waals surface area contributed by atoms with Crippen LogP contribution in [-0.2, 0) is 9.59 Å². The Morgan fingerprint density at radius 1 is 1.12 bits per heavy atom. The van der Waals surface area contributed by atoms with Crippen molar-refractivity contribution >= 4 is 11.8 Å². The number of carbonyl (C=O) groups excluding carboxylic acids is 2. The van der Waals surface area contributed by atoms with Crippen molar-refractivity contribution in [3.8, 4) is 5.69 Å². The summed E-state index contributed by atoms with van der Waals surface area (Å²) in [6, 6.07) is 9.88. The normalized spacial score (nSPS) is 11.8. The Labute approximate surface area is 148 Å². The van der Waals surface area contributed by atoms with Crippen LogP contribution in [0.1, 0.15) is 49.7 Å². The predicted octanol–water partition coefficient (Wildman–Crippen LogP) is 2.58. The average Bonchev–Trinajstić information content (AvgIpc) is 2.92. The summed E-state index contributed by atoms with van der Waals surface area (Å²) in [5, 5.41) is 10.1. The van der Waals surface area contributed by atoms with Gasteiger partial charge in [0.2, 0.25) is 11.8 Å². The zero-order valence-corrected chi connectivity index (χ0v) is 15.3. The Balaban J connectivity index is 1.94. The number of hydrogen-bond acceptors (Lipinski definition) is 3. The molecule has 2 N–H and O–H groups in total. The van der Waals surface area contributed by atoms with E-state index in [-0.39, 0.29) is 30.7 Å². The van der Waals surface area contributed by atoms with Gasteiger partial charge in [-0.2, -0.15) is 5.10 Å². The Morgan fingerprint density at radius 2 is 1.76 bits per heavy atom. The molecule has 1 heterocycles. The summed E-state index contributed by atoms with van der Waals surface area (Å²) in [7, 11) is 0. The Bertz CT molecular complexity index is 734. The molecule has 1 atom stereocenters. The summed E-state index contributed by atoms with van der Waals surface area (Å²) in [6.45, 7) is 8.36. The number of amides is 2. The molecule has 6 heteroatoms. The van der Waals surface area contributed by atoms with Gasteiger partial charge in [-0.05, 0) is 51.5 Å². The summed E-state index contributed by atoms with van der Waals surface area (Å²) >= 11 is 0. The molecule has 1 aromatic heterocycles. The molecule has 1 aromatic carbocycles. The molecular weight excluding hydrogens is 316 g/mol. The lowest BCUT2D eigenvalue weighted by Gasteiger charge is -2.15. The van der Waals surface area contributed by atoms with Crippen LogP contribution in [0, 0.1) is 13.8 Å². The number of aromatic nitrogens is 2. The summed E-state index contributed by atoms with van der Waals surface area (Å²) in [4.78, 5) is 23.4. The number of hydrogen-bond donors (Lipinski definition) is 2. The van der Waals surface area contributed by atoms with E-state index >= 15 is 0 Å². The molecule has 2 rings (SSSR count). The van der Waals surface area contributed by atoms with Crippen LogP contribution in [0.3, 0.4) is 0 Å². The van der Waals surface area contributed by atoms with Crippen molar-refractivity contribution < 1.29 is 9.59 Å². The van der Waals surface area contributed by atoms with Crippen molar-refractivity contribution in [1.82, 2.24) is 20.4 Å². The summed E-state index contributed by atoms with van der Waals surface area (Å²) in [5.74, 6) is -0.221. The smallest absolute Gasteiger partial charge is 0.220 e. The van der Waals surface area contributed by atoms with Gasteiger partial charge in [0.25, 0.3) is 0 Å². The molecule has 134 valence electrons. The highest BCUT2D eigenvalue weighted by atomic mass is 16.2. The molecule has 0 spiro atoms. The molecule has 0 unspecified atom stereocenters. The third-order valence-corrected chi connectivity index (χ3v) is 3.98. The highest BCUT2D eigenvalue weighted by Crippen LogP contribution is 2.17. The van der Waals surface area contributed by atoms with Crippen molar-refractivity contribution in [2.45, 2.75) is 46.6 Å². The molecule has 0 saturated carbocycles. The van der Waals surface area contributed by atoms with Crippen LogP contribution in [0.25, 0.3) is 5.69 Å². The van der Waals surface area contributed by atoms with E-state index in [0.717, 1.165) is 22.6 Å². The van der Waals surface area contributed by atoms with Gasteiger partial charge in [0.05, 0.1) is 17.4 Å². The quantitative estimate of drug-likeness (QED) is 0.812. The summed E-state index contributed by atoms with van der Waals surface area (Å²) in [5.41, 5.74) is 4.06. The molecule has 2 aromatic rings. The molecule has 0 saturated heterocycles. The van der Waals surface area contributed by atoms with Crippen LogP contribution in [0.5, 0.6) is 0 Å². The molecule has 0 fully saturated rings. The molecule has 2 amide bonds. The van der Waals surface area contributed by atoms with Gasteiger partial charge in [-0.3, -0.25) is 9.59 Å². The van der Waals surface area contributed by atoms with Gasteiger partial charge in [0.15, 0.2) is 0 Å². The lowest BCUT2D eigenvalue weighted by molar-refractivity contribution is -0.126. The first kappa shape index (κ1) is 18.7. The van der Waals surface area contributed by atoms with Crippen LogP contribution in [0.2, 0.25) is 0 Å². The van der Waals surface area contributed by atoms with Gasteiger partial charge in [0, 0.05) is 25.1 Å². The van der Waals surface area contributed by atoms with E-state index in [2.05, 4.69) is 15.7 Å². The van der Waals surface area contributed by atoms with Crippen molar-refractivity contribution in [3.05, 3.63) is 47.3 Å². The molecule has 0 aliphatic carbocycles.